The van der Waals surface area contributed by atoms with Crippen LogP contribution in [-0.2, 0) is 16.9 Å². The highest BCUT2D eigenvalue weighted by Crippen LogP contribution is 2.38. The third-order valence-corrected chi connectivity index (χ3v) is 7.60. The fourth-order valence-corrected chi connectivity index (χ4v) is 5.45. The number of methoxy groups -OCH3 is 2. The van der Waals surface area contributed by atoms with Gasteiger partial charge in [0, 0.05) is 30.5 Å². The molecule has 1 aliphatic heterocycles. The zero-order chi connectivity index (χ0) is 23.3. The van der Waals surface area contributed by atoms with Gasteiger partial charge in [0.2, 0.25) is 4.96 Å². The van der Waals surface area contributed by atoms with Gasteiger partial charge in [-0.05, 0) is 17.4 Å². The van der Waals surface area contributed by atoms with Crippen molar-refractivity contribution in [3.8, 4) is 28.1 Å². The molecule has 1 unspecified atom stereocenters. The number of imidazole rings is 1. The molecule has 12 heteroatoms. The minimum atomic E-state index is -1.01. The Hall–Kier alpha value is -3.19. The number of thiazole rings is 1. The molecule has 4 aromatic heterocycles. The van der Waals surface area contributed by atoms with Gasteiger partial charge in [-0.1, -0.05) is 0 Å². The molecule has 5 aromatic rings. The number of furan rings is 1. The summed E-state index contributed by atoms with van der Waals surface area (Å²) in [4.78, 5) is 9.67. The van der Waals surface area contributed by atoms with E-state index in [1.54, 1.807) is 24.9 Å². The van der Waals surface area contributed by atoms with E-state index >= 15 is 0 Å². The molecule has 1 N–H and O–H groups in total. The summed E-state index contributed by atoms with van der Waals surface area (Å²) in [5.41, 5.74) is 1.03. The summed E-state index contributed by atoms with van der Waals surface area (Å²) >= 11 is 2.76. The monoisotopic (exact) mass is 500 g/mol. The maximum atomic E-state index is 10.7. The molecule has 1 aliphatic rings. The lowest BCUT2D eigenvalue weighted by atomic mass is 10.1. The second-order valence-electron chi connectivity index (χ2n) is 7.82. The first kappa shape index (κ1) is 21.4. The fraction of sp³-hybridized carbons (Fsp3) is 0.318. The van der Waals surface area contributed by atoms with E-state index in [4.69, 9.17) is 23.4 Å². The minimum absolute atomic E-state index is 0.233. The number of hydrogen-bond acceptors (Lipinski definition) is 11. The van der Waals surface area contributed by atoms with E-state index in [1.807, 2.05) is 23.6 Å². The van der Waals surface area contributed by atoms with Gasteiger partial charge < -0.3 is 28.5 Å². The van der Waals surface area contributed by atoms with Gasteiger partial charge in [0.1, 0.15) is 40.0 Å². The van der Waals surface area contributed by atoms with Gasteiger partial charge in [-0.25, -0.2) is 9.97 Å². The molecular formula is C22H20N4O6S2. The normalized spacial score (nSPS) is 18.2. The molecule has 1 aromatic carbocycles. The maximum absolute atomic E-state index is 10.7. The van der Waals surface area contributed by atoms with Gasteiger partial charge in [0.05, 0.1) is 38.1 Å². The summed E-state index contributed by atoms with van der Waals surface area (Å²) < 4.78 is 29.9. The van der Waals surface area contributed by atoms with Crippen LogP contribution in [0.3, 0.4) is 0 Å². The Bertz CT molecular complexity index is 1480. The van der Waals surface area contributed by atoms with Crippen LogP contribution in [0, 0.1) is 0 Å². The van der Waals surface area contributed by atoms with Crippen molar-refractivity contribution in [1.82, 2.24) is 19.6 Å². The topological polar surface area (TPSA) is 113 Å². The SMILES string of the molecule is COc1cc(OCc2csc(C3(O)CCOC3)n2)c2cc(-c3cnc4sc(OC)nn34)oc2c1. The van der Waals surface area contributed by atoms with Gasteiger partial charge in [-0.2, -0.15) is 4.52 Å². The standard InChI is InChI=1S/C22H20N4O6S2/c1-28-13-5-16(31-9-12-10-33-19(24-12)22(27)3-4-30-11-22)14-7-18(32-17(14)6-13)15-8-23-20-26(15)25-21(29-2)34-20/h5-8,10,27H,3-4,9,11H2,1-2H3. The number of hydrogen-bond donors (Lipinski definition) is 1. The molecule has 0 amide bonds. The smallest absolute Gasteiger partial charge is 0.294 e. The summed E-state index contributed by atoms with van der Waals surface area (Å²) in [6, 6.07) is 5.51. The van der Waals surface area contributed by atoms with Gasteiger partial charge in [-0.15, -0.1) is 16.4 Å². The molecule has 5 heterocycles. The van der Waals surface area contributed by atoms with E-state index in [0.29, 0.717) is 56.7 Å². The zero-order valence-corrected chi connectivity index (χ0v) is 19.9. The molecule has 0 radical (unpaired) electrons. The van der Waals surface area contributed by atoms with E-state index in [2.05, 4.69) is 15.1 Å². The highest BCUT2D eigenvalue weighted by molar-refractivity contribution is 7.18. The number of nitrogens with zero attached hydrogens (tertiary/aromatic N) is 4. The average molecular weight is 501 g/mol. The lowest BCUT2D eigenvalue weighted by Gasteiger charge is -2.16. The molecule has 0 aliphatic carbocycles. The molecule has 176 valence electrons. The highest BCUT2D eigenvalue weighted by Gasteiger charge is 2.37. The predicted molar refractivity (Wildman–Crippen MR) is 125 cm³/mol. The summed E-state index contributed by atoms with van der Waals surface area (Å²) in [7, 11) is 3.16. The van der Waals surface area contributed by atoms with Crippen LogP contribution in [0.2, 0.25) is 0 Å². The largest absolute Gasteiger partial charge is 0.496 e. The van der Waals surface area contributed by atoms with Crippen molar-refractivity contribution in [3.05, 3.63) is 40.5 Å². The maximum Gasteiger partial charge on any atom is 0.294 e. The lowest BCUT2D eigenvalue weighted by molar-refractivity contribution is 0.0228. The molecule has 0 bridgehead atoms. The van der Waals surface area contributed by atoms with Crippen molar-refractivity contribution in [1.29, 1.82) is 0 Å². The van der Waals surface area contributed by atoms with Crippen LogP contribution in [0.1, 0.15) is 17.1 Å². The first-order valence-electron chi connectivity index (χ1n) is 10.4. The Morgan fingerprint density at radius 3 is 2.94 bits per heavy atom. The third kappa shape index (κ3) is 3.59. The van der Waals surface area contributed by atoms with Crippen molar-refractivity contribution in [2.75, 3.05) is 27.4 Å². The van der Waals surface area contributed by atoms with E-state index < -0.39 is 5.60 Å². The van der Waals surface area contributed by atoms with E-state index in [-0.39, 0.29) is 13.2 Å². The first-order valence-corrected chi connectivity index (χ1v) is 12.1. The molecule has 34 heavy (non-hydrogen) atoms. The van der Waals surface area contributed by atoms with Crippen LogP contribution in [0.5, 0.6) is 16.7 Å². The number of rotatable bonds is 7. The van der Waals surface area contributed by atoms with Crippen molar-refractivity contribution >= 4 is 38.6 Å². The van der Waals surface area contributed by atoms with Crippen molar-refractivity contribution in [2.45, 2.75) is 18.6 Å². The molecule has 1 saturated heterocycles. The third-order valence-electron chi connectivity index (χ3n) is 5.63. The Morgan fingerprint density at radius 1 is 1.24 bits per heavy atom. The van der Waals surface area contributed by atoms with Crippen molar-refractivity contribution in [2.24, 2.45) is 0 Å². The first-order chi connectivity index (χ1) is 16.6. The highest BCUT2D eigenvalue weighted by atomic mass is 32.1. The van der Waals surface area contributed by atoms with Crippen LogP contribution in [0.25, 0.3) is 27.4 Å². The van der Waals surface area contributed by atoms with E-state index in [9.17, 15) is 5.11 Å². The lowest BCUT2D eigenvalue weighted by Crippen LogP contribution is -2.25. The van der Waals surface area contributed by atoms with E-state index in [0.717, 1.165) is 11.1 Å². The Balaban J connectivity index is 1.32. The van der Waals surface area contributed by atoms with Crippen LogP contribution in [0.4, 0.5) is 0 Å². The van der Waals surface area contributed by atoms with Crippen molar-refractivity contribution < 1.29 is 28.5 Å². The minimum Gasteiger partial charge on any atom is -0.496 e. The Morgan fingerprint density at radius 2 is 2.15 bits per heavy atom. The average Bonchev–Trinajstić information content (AvgIpc) is 3.65. The van der Waals surface area contributed by atoms with Gasteiger partial charge >= 0.3 is 0 Å². The number of aliphatic hydroxyl groups is 1. The fourth-order valence-electron chi connectivity index (χ4n) is 3.83. The number of ether oxygens (including phenoxy) is 4. The molecule has 6 rings (SSSR count). The van der Waals surface area contributed by atoms with Crippen LogP contribution in [0.15, 0.2) is 34.2 Å². The summed E-state index contributed by atoms with van der Waals surface area (Å²) in [6.45, 7) is 1.03. The Labute approximate surface area is 201 Å². The summed E-state index contributed by atoms with van der Waals surface area (Å²) in [5, 5.41) is 18.9. The van der Waals surface area contributed by atoms with Gasteiger partial charge in [0.15, 0.2) is 5.76 Å². The zero-order valence-electron chi connectivity index (χ0n) is 18.3. The molecule has 1 atom stereocenters. The van der Waals surface area contributed by atoms with Crippen LogP contribution in [-0.4, -0.2) is 52.1 Å². The van der Waals surface area contributed by atoms with Crippen molar-refractivity contribution in [3.63, 3.8) is 0 Å². The number of benzene rings is 1. The molecule has 0 spiro atoms. The molecule has 1 fully saturated rings. The second kappa shape index (κ2) is 8.24. The molecule has 10 nitrogen and oxygen atoms in total. The predicted octanol–water partition coefficient (Wildman–Crippen LogP) is 3.86. The molecule has 0 saturated carbocycles. The quantitative estimate of drug-likeness (QED) is 0.356. The van der Waals surface area contributed by atoms with Gasteiger partial charge in [-0.3, -0.25) is 0 Å². The van der Waals surface area contributed by atoms with Crippen LogP contribution >= 0.6 is 22.7 Å². The van der Waals surface area contributed by atoms with Crippen LogP contribution < -0.4 is 14.2 Å². The second-order valence-corrected chi connectivity index (χ2v) is 9.60. The summed E-state index contributed by atoms with van der Waals surface area (Å²) in [5.74, 6) is 1.79. The number of aromatic nitrogens is 4. The summed E-state index contributed by atoms with van der Waals surface area (Å²) in [6.07, 6.45) is 2.25. The number of fused-ring (bicyclic) bond motifs is 2. The van der Waals surface area contributed by atoms with Gasteiger partial charge in [0.25, 0.3) is 5.19 Å². The Kier molecular flexibility index (Phi) is 5.17. The van der Waals surface area contributed by atoms with E-state index in [1.165, 1.54) is 22.7 Å². The molecular weight excluding hydrogens is 480 g/mol.